The van der Waals surface area contributed by atoms with Crippen LogP contribution in [0.2, 0.25) is 0 Å². The Kier molecular flexibility index (Phi) is 3.95. The van der Waals surface area contributed by atoms with Gasteiger partial charge in [-0.15, -0.1) is 0 Å². The average molecular weight is 231 g/mol. The van der Waals surface area contributed by atoms with Gasteiger partial charge >= 0.3 is 0 Å². The van der Waals surface area contributed by atoms with E-state index in [1.807, 2.05) is 19.0 Å². The first-order chi connectivity index (χ1) is 8.16. The van der Waals surface area contributed by atoms with Crippen molar-refractivity contribution in [1.29, 1.82) is 0 Å². The van der Waals surface area contributed by atoms with Gasteiger partial charge in [0.25, 0.3) is 0 Å². The molecule has 1 aromatic carbocycles. The van der Waals surface area contributed by atoms with Crippen molar-refractivity contribution < 1.29 is 4.79 Å². The number of nitrogens with zero attached hydrogens (tertiary/aromatic N) is 1. The topological polar surface area (TPSA) is 20.3 Å². The Balaban J connectivity index is 2.06. The van der Waals surface area contributed by atoms with E-state index in [9.17, 15) is 4.79 Å². The highest BCUT2D eigenvalue weighted by molar-refractivity contribution is 5.81. The summed E-state index contributed by atoms with van der Waals surface area (Å²) in [5.74, 6) is 0.809. The van der Waals surface area contributed by atoms with E-state index in [0.717, 1.165) is 6.42 Å². The van der Waals surface area contributed by atoms with E-state index in [4.69, 9.17) is 0 Å². The van der Waals surface area contributed by atoms with Gasteiger partial charge in [0.2, 0.25) is 0 Å². The van der Waals surface area contributed by atoms with Crippen molar-refractivity contribution in [1.82, 2.24) is 4.90 Å². The zero-order valence-electron chi connectivity index (χ0n) is 10.8. The van der Waals surface area contributed by atoms with Crippen LogP contribution in [0.1, 0.15) is 36.3 Å². The number of carbonyl (C=O) groups excluding carboxylic acids is 1. The van der Waals surface area contributed by atoms with E-state index >= 15 is 0 Å². The summed E-state index contributed by atoms with van der Waals surface area (Å²) >= 11 is 0. The van der Waals surface area contributed by atoms with E-state index in [1.54, 1.807) is 0 Å². The molecule has 0 spiro atoms. The highest BCUT2D eigenvalue weighted by atomic mass is 16.1. The maximum Gasteiger partial charge on any atom is 0.147 e. The summed E-state index contributed by atoms with van der Waals surface area (Å²) in [6, 6.07) is 8.59. The number of fused-ring (bicyclic) bond motifs is 1. The minimum Gasteiger partial charge on any atom is -0.302 e. The van der Waals surface area contributed by atoms with E-state index < -0.39 is 0 Å². The van der Waals surface area contributed by atoms with Gasteiger partial charge in [-0.1, -0.05) is 24.3 Å². The Morgan fingerprint density at radius 2 is 2.12 bits per heavy atom. The molecule has 2 nitrogen and oxygen atoms in total. The predicted octanol–water partition coefficient (Wildman–Crippen LogP) is 2.63. The molecule has 0 amide bonds. The van der Waals surface area contributed by atoms with Crippen molar-refractivity contribution in [2.45, 2.75) is 31.6 Å². The largest absolute Gasteiger partial charge is 0.302 e. The van der Waals surface area contributed by atoms with Crippen molar-refractivity contribution in [3.63, 3.8) is 0 Å². The molecule has 0 bridgehead atoms. The minimum atomic E-state index is 0.358. The molecule has 2 heteroatoms. The maximum atomic E-state index is 11.9. The predicted molar refractivity (Wildman–Crippen MR) is 70.3 cm³/mol. The molecule has 1 aliphatic rings. The van der Waals surface area contributed by atoms with Gasteiger partial charge in [-0.2, -0.15) is 0 Å². The third-order valence-electron chi connectivity index (χ3n) is 3.46. The number of ketones is 1. The van der Waals surface area contributed by atoms with Gasteiger partial charge < -0.3 is 4.90 Å². The van der Waals surface area contributed by atoms with Crippen molar-refractivity contribution >= 4 is 5.78 Å². The van der Waals surface area contributed by atoms with E-state index in [0.29, 0.717) is 24.7 Å². The minimum absolute atomic E-state index is 0.358. The second-order valence-corrected chi connectivity index (χ2v) is 5.27. The first-order valence-corrected chi connectivity index (χ1v) is 6.41. The van der Waals surface area contributed by atoms with Crippen LogP contribution in [0.25, 0.3) is 0 Å². The lowest BCUT2D eigenvalue weighted by molar-refractivity contribution is -0.120. The zero-order valence-corrected chi connectivity index (χ0v) is 10.8. The Labute approximate surface area is 104 Å². The van der Waals surface area contributed by atoms with Crippen LogP contribution >= 0.6 is 0 Å². The fourth-order valence-corrected chi connectivity index (χ4v) is 2.76. The molecule has 0 heterocycles. The normalized spacial score (nSPS) is 19.1. The molecule has 2 rings (SSSR count). The third-order valence-corrected chi connectivity index (χ3v) is 3.46. The number of aryl methyl sites for hydroxylation is 1. The van der Waals surface area contributed by atoms with Gasteiger partial charge in [0.1, 0.15) is 5.78 Å². The second-order valence-electron chi connectivity index (χ2n) is 5.27. The summed E-state index contributed by atoms with van der Waals surface area (Å²) in [6.45, 7) is 0.568. The second kappa shape index (κ2) is 5.46. The summed E-state index contributed by atoms with van der Waals surface area (Å²) in [5.41, 5.74) is 2.85. The molecule has 0 radical (unpaired) electrons. The van der Waals surface area contributed by atoms with Crippen molar-refractivity contribution in [2.75, 3.05) is 20.6 Å². The summed E-state index contributed by atoms with van der Waals surface area (Å²) in [6.07, 6.45) is 4.26. The smallest absolute Gasteiger partial charge is 0.147 e. The molecular formula is C15H21NO. The third kappa shape index (κ3) is 3.16. The maximum absolute atomic E-state index is 11.9. The van der Waals surface area contributed by atoms with Crippen LogP contribution in [-0.2, 0) is 11.2 Å². The highest BCUT2D eigenvalue weighted by Gasteiger charge is 2.22. The molecule has 1 aliphatic carbocycles. The molecule has 17 heavy (non-hydrogen) atoms. The quantitative estimate of drug-likeness (QED) is 0.794. The number of hydrogen-bond acceptors (Lipinski definition) is 2. The SMILES string of the molecule is CN(C)CC(=O)CC1CCCc2ccccc21. The van der Waals surface area contributed by atoms with Crippen LogP contribution in [0.15, 0.2) is 24.3 Å². The molecule has 0 saturated carbocycles. The van der Waals surface area contributed by atoms with Crippen molar-refractivity contribution in [3.8, 4) is 0 Å². The summed E-state index contributed by atoms with van der Waals surface area (Å²) < 4.78 is 0. The van der Waals surface area contributed by atoms with Crippen molar-refractivity contribution in [2.24, 2.45) is 0 Å². The first-order valence-electron chi connectivity index (χ1n) is 6.41. The average Bonchev–Trinajstić information content (AvgIpc) is 2.28. The van der Waals surface area contributed by atoms with Crippen LogP contribution < -0.4 is 0 Å². The zero-order chi connectivity index (χ0) is 12.3. The number of Topliss-reactive ketones (excluding diaryl/α,β-unsaturated/α-hetero) is 1. The molecule has 1 aromatic rings. The van der Waals surface area contributed by atoms with Crippen LogP contribution in [0.4, 0.5) is 0 Å². The molecule has 0 aliphatic heterocycles. The Morgan fingerprint density at radius 1 is 1.35 bits per heavy atom. The van der Waals surface area contributed by atoms with Crippen LogP contribution in [0.5, 0.6) is 0 Å². The number of benzene rings is 1. The molecule has 1 atom stereocenters. The van der Waals surface area contributed by atoms with Crippen molar-refractivity contribution in [3.05, 3.63) is 35.4 Å². The summed E-state index contributed by atoms with van der Waals surface area (Å²) in [4.78, 5) is 13.8. The van der Waals surface area contributed by atoms with Crippen LogP contribution in [0, 0.1) is 0 Å². The fourth-order valence-electron chi connectivity index (χ4n) is 2.76. The molecular weight excluding hydrogens is 210 g/mol. The number of likely N-dealkylation sites (N-methyl/N-ethyl adjacent to an activating group) is 1. The van der Waals surface area contributed by atoms with E-state index in [1.165, 1.54) is 24.0 Å². The van der Waals surface area contributed by atoms with Crippen LogP contribution in [0.3, 0.4) is 0 Å². The van der Waals surface area contributed by atoms with Crippen LogP contribution in [-0.4, -0.2) is 31.3 Å². The lowest BCUT2D eigenvalue weighted by atomic mass is 9.80. The molecule has 0 aromatic heterocycles. The molecule has 1 unspecified atom stereocenters. The number of rotatable bonds is 4. The molecule has 0 saturated heterocycles. The standard InChI is InChI=1S/C15H21NO/c1-16(2)11-14(17)10-13-8-5-7-12-6-3-4-9-15(12)13/h3-4,6,9,13H,5,7-8,10-11H2,1-2H3. The van der Waals surface area contributed by atoms with Gasteiger partial charge in [0.05, 0.1) is 6.54 Å². The Hall–Kier alpha value is -1.15. The molecule has 92 valence electrons. The highest BCUT2D eigenvalue weighted by Crippen LogP contribution is 2.33. The Morgan fingerprint density at radius 3 is 2.88 bits per heavy atom. The lowest BCUT2D eigenvalue weighted by Gasteiger charge is -2.25. The Bertz CT molecular complexity index is 398. The van der Waals surface area contributed by atoms with Gasteiger partial charge in [0.15, 0.2) is 0 Å². The first kappa shape index (κ1) is 12.3. The van der Waals surface area contributed by atoms with Gasteiger partial charge in [-0.3, -0.25) is 4.79 Å². The monoisotopic (exact) mass is 231 g/mol. The molecule has 0 N–H and O–H groups in total. The van der Waals surface area contributed by atoms with Gasteiger partial charge in [0, 0.05) is 6.42 Å². The van der Waals surface area contributed by atoms with Gasteiger partial charge in [-0.05, 0) is 50.4 Å². The fraction of sp³-hybridized carbons (Fsp3) is 0.533. The summed E-state index contributed by atoms with van der Waals surface area (Å²) in [7, 11) is 3.90. The van der Waals surface area contributed by atoms with E-state index in [-0.39, 0.29) is 0 Å². The number of hydrogen-bond donors (Lipinski definition) is 0. The van der Waals surface area contributed by atoms with Gasteiger partial charge in [-0.25, -0.2) is 0 Å². The van der Waals surface area contributed by atoms with E-state index in [2.05, 4.69) is 24.3 Å². The summed E-state index contributed by atoms with van der Waals surface area (Å²) in [5, 5.41) is 0. The number of carbonyl (C=O) groups is 1. The molecule has 0 fully saturated rings. The lowest BCUT2D eigenvalue weighted by Crippen LogP contribution is -2.24.